The third-order valence-corrected chi connectivity index (χ3v) is 7.12. The van der Waals surface area contributed by atoms with E-state index in [0.29, 0.717) is 11.2 Å². The van der Waals surface area contributed by atoms with Crippen molar-refractivity contribution < 1.29 is 13.6 Å². The first-order valence-corrected chi connectivity index (χ1v) is 11.7. The summed E-state index contributed by atoms with van der Waals surface area (Å²) in [4.78, 5) is 22.5. The Morgan fingerprint density at radius 2 is 1.91 bits per heavy atom. The molecule has 10 heteroatoms. The van der Waals surface area contributed by atoms with Gasteiger partial charge in [0.1, 0.15) is 11.7 Å². The number of hydrogen-bond donors (Lipinski definition) is 1. The number of aromatic nitrogens is 2. The van der Waals surface area contributed by atoms with Crippen molar-refractivity contribution in [2.45, 2.75) is 71.0 Å². The molecule has 1 amide bonds. The molecule has 8 nitrogen and oxygen atoms in total. The van der Waals surface area contributed by atoms with Crippen molar-refractivity contribution in [1.82, 2.24) is 30.0 Å². The maximum atomic E-state index is 13.4. The minimum Gasteiger partial charge on any atom is -0.356 e. The van der Waals surface area contributed by atoms with Crippen molar-refractivity contribution in [2.24, 2.45) is 4.99 Å². The normalized spacial score (nSPS) is 27.6. The number of likely N-dealkylation sites (tertiary alicyclic amines) is 2. The lowest BCUT2D eigenvalue weighted by Gasteiger charge is -2.44. The number of piperidine rings is 1. The summed E-state index contributed by atoms with van der Waals surface area (Å²) < 4.78 is 27.0. The van der Waals surface area contributed by atoms with E-state index in [1.807, 2.05) is 5.01 Å². The predicted octanol–water partition coefficient (Wildman–Crippen LogP) is 3.41. The van der Waals surface area contributed by atoms with Crippen LogP contribution >= 0.6 is 0 Å². The van der Waals surface area contributed by atoms with Gasteiger partial charge in [0.15, 0.2) is 5.69 Å². The van der Waals surface area contributed by atoms with Crippen LogP contribution in [0.15, 0.2) is 34.7 Å². The first kappa shape index (κ1) is 22.1. The fraction of sp³-hybridized carbons (Fsp3) is 0.609. The molecule has 1 N–H and O–H groups in total. The van der Waals surface area contributed by atoms with E-state index >= 15 is 0 Å². The standard InChI is InChI=1S/C23H31F2N7O/c1-15-14-31-19(26-20(15)29-9-6-7-10-29)13-23(3,28-31)18-8-4-5-11-30(18)21(33)17-12-16(2)32(27-17)22(24)25/h12-14,18,22,28H,4-11H2,1-3H3/t18-,23?/m0/s1. The average Bonchev–Trinajstić information content (AvgIpc) is 3.51. The molecule has 4 aliphatic rings. The maximum Gasteiger partial charge on any atom is 0.333 e. The van der Waals surface area contributed by atoms with Gasteiger partial charge in [0, 0.05) is 37.1 Å². The van der Waals surface area contributed by atoms with E-state index in [4.69, 9.17) is 4.99 Å². The molecule has 2 saturated heterocycles. The molecule has 0 aromatic carbocycles. The smallest absolute Gasteiger partial charge is 0.333 e. The van der Waals surface area contributed by atoms with Gasteiger partial charge in [0.2, 0.25) is 0 Å². The number of alkyl halides is 2. The largest absolute Gasteiger partial charge is 0.356 e. The summed E-state index contributed by atoms with van der Waals surface area (Å²) in [6, 6.07) is 1.30. The summed E-state index contributed by atoms with van der Waals surface area (Å²) in [6.07, 6.45) is 9.23. The SMILES string of the molecule is CC1=CN2NC(C)([C@@H]3CCCCN3C(=O)c3cc(C)n(C(F)F)n3)C=C2N=C1N1CCCC1. The lowest BCUT2D eigenvalue weighted by Crippen LogP contribution is -2.61. The number of hydrogen-bond acceptors (Lipinski definition) is 6. The van der Waals surface area contributed by atoms with Gasteiger partial charge < -0.3 is 9.80 Å². The molecule has 0 spiro atoms. The molecule has 2 fully saturated rings. The second kappa shape index (κ2) is 8.23. The number of nitrogens with zero attached hydrogens (tertiary/aromatic N) is 6. The quantitative estimate of drug-likeness (QED) is 0.750. The Morgan fingerprint density at radius 1 is 1.18 bits per heavy atom. The van der Waals surface area contributed by atoms with Gasteiger partial charge in [-0.05, 0) is 65.0 Å². The van der Waals surface area contributed by atoms with Gasteiger partial charge in [-0.15, -0.1) is 0 Å². The zero-order valence-corrected chi connectivity index (χ0v) is 19.4. The van der Waals surface area contributed by atoms with Crippen LogP contribution in [0.25, 0.3) is 0 Å². The first-order valence-electron chi connectivity index (χ1n) is 11.7. The molecule has 1 aromatic heterocycles. The van der Waals surface area contributed by atoms with Gasteiger partial charge in [0.05, 0.1) is 11.6 Å². The molecule has 0 aliphatic carbocycles. The third kappa shape index (κ3) is 3.84. The van der Waals surface area contributed by atoms with E-state index in [-0.39, 0.29) is 23.3 Å². The molecule has 4 aliphatic heterocycles. The van der Waals surface area contributed by atoms with E-state index in [1.165, 1.54) is 25.8 Å². The van der Waals surface area contributed by atoms with Crippen LogP contribution in [0.1, 0.15) is 68.7 Å². The highest BCUT2D eigenvalue weighted by atomic mass is 19.3. The predicted molar refractivity (Wildman–Crippen MR) is 120 cm³/mol. The number of halogens is 2. The number of amidine groups is 1. The highest BCUT2D eigenvalue weighted by Gasteiger charge is 2.46. The Morgan fingerprint density at radius 3 is 2.61 bits per heavy atom. The van der Waals surface area contributed by atoms with Gasteiger partial charge in [0.25, 0.3) is 5.91 Å². The fourth-order valence-corrected chi connectivity index (χ4v) is 5.47. The van der Waals surface area contributed by atoms with Crippen molar-refractivity contribution in [3.63, 3.8) is 0 Å². The minimum atomic E-state index is -2.77. The lowest BCUT2D eigenvalue weighted by atomic mass is 9.85. The van der Waals surface area contributed by atoms with E-state index in [1.54, 1.807) is 4.90 Å². The van der Waals surface area contributed by atoms with E-state index in [0.717, 1.165) is 49.6 Å². The van der Waals surface area contributed by atoms with Crippen LogP contribution in [0.5, 0.6) is 0 Å². The van der Waals surface area contributed by atoms with E-state index in [9.17, 15) is 13.6 Å². The summed E-state index contributed by atoms with van der Waals surface area (Å²) in [5.41, 5.74) is 4.46. The Balaban J connectivity index is 1.43. The molecule has 0 saturated carbocycles. The molecule has 1 unspecified atom stereocenters. The van der Waals surface area contributed by atoms with Crippen LogP contribution < -0.4 is 5.43 Å². The summed E-state index contributed by atoms with van der Waals surface area (Å²) in [7, 11) is 0. The van der Waals surface area contributed by atoms with Gasteiger partial charge in [-0.1, -0.05) is 0 Å². The van der Waals surface area contributed by atoms with Crippen LogP contribution in [0.4, 0.5) is 8.78 Å². The zero-order chi connectivity index (χ0) is 23.3. The fourth-order valence-electron chi connectivity index (χ4n) is 5.47. The number of amides is 1. The molecular weight excluding hydrogens is 428 g/mol. The molecule has 5 rings (SSSR count). The highest BCUT2D eigenvalue weighted by molar-refractivity contribution is 5.99. The van der Waals surface area contributed by atoms with Crippen LogP contribution in [-0.4, -0.2) is 67.5 Å². The topological polar surface area (TPSA) is 69.0 Å². The Labute approximate surface area is 192 Å². The Kier molecular flexibility index (Phi) is 5.50. The summed E-state index contributed by atoms with van der Waals surface area (Å²) >= 11 is 0. The first-order chi connectivity index (χ1) is 15.8. The lowest BCUT2D eigenvalue weighted by molar-refractivity contribution is 0.0422. The molecule has 1 aromatic rings. The Hall–Kier alpha value is -2.75. The molecular formula is C23H31F2N7O. The molecule has 0 bridgehead atoms. The molecule has 2 atom stereocenters. The number of hydrazine groups is 1. The second-order valence-electron chi connectivity index (χ2n) is 9.61. The van der Waals surface area contributed by atoms with Crippen molar-refractivity contribution in [3.05, 3.63) is 41.1 Å². The van der Waals surface area contributed by atoms with Crippen molar-refractivity contribution in [2.75, 3.05) is 19.6 Å². The number of nitrogens with one attached hydrogen (secondary N) is 1. The van der Waals surface area contributed by atoms with Crippen molar-refractivity contribution >= 4 is 11.7 Å². The van der Waals surface area contributed by atoms with Crippen LogP contribution in [0.3, 0.4) is 0 Å². The average molecular weight is 460 g/mol. The van der Waals surface area contributed by atoms with E-state index < -0.39 is 12.1 Å². The summed E-state index contributed by atoms with van der Waals surface area (Å²) in [5, 5.41) is 5.84. The zero-order valence-electron chi connectivity index (χ0n) is 19.4. The van der Waals surface area contributed by atoms with Gasteiger partial charge in [-0.3, -0.25) is 9.80 Å². The van der Waals surface area contributed by atoms with Gasteiger partial charge in [-0.25, -0.2) is 15.1 Å². The van der Waals surface area contributed by atoms with Crippen LogP contribution in [0, 0.1) is 6.92 Å². The molecule has 178 valence electrons. The number of fused-ring (bicyclic) bond motifs is 1. The van der Waals surface area contributed by atoms with Crippen molar-refractivity contribution in [3.8, 4) is 0 Å². The van der Waals surface area contributed by atoms with Crippen LogP contribution in [0.2, 0.25) is 0 Å². The summed E-state index contributed by atoms with van der Waals surface area (Å²) in [5.74, 6) is 1.55. The van der Waals surface area contributed by atoms with Crippen LogP contribution in [-0.2, 0) is 0 Å². The second-order valence-corrected chi connectivity index (χ2v) is 9.61. The maximum absolute atomic E-state index is 13.4. The molecule has 0 radical (unpaired) electrons. The number of carbonyl (C=O) groups is 1. The van der Waals surface area contributed by atoms with E-state index in [2.05, 4.69) is 41.5 Å². The molecule has 33 heavy (non-hydrogen) atoms. The highest BCUT2D eigenvalue weighted by Crippen LogP contribution is 2.36. The Bertz CT molecular complexity index is 1040. The van der Waals surface area contributed by atoms with Crippen molar-refractivity contribution in [1.29, 1.82) is 0 Å². The third-order valence-electron chi connectivity index (χ3n) is 7.12. The van der Waals surface area contributed by atoms with Gasteiger partial charge >= 0.3 is 6.55 Å². The number of rotatable bonds is 3. The monoisotopic (exact) mass is 459 g/mol. The van der Waals surface area contributed by atoms with Gasteiger partial charge in [-0.2, -0.15) is 13.9 Å². The summed E-state index contributed by atoms with van der Waals surface area (Å²) in [6.45, 7) is 5.54. The molecule has 5 heterocycles. The number of aliphatic imine (C=N–C) groups is 1. The number of aryl methyl sites for hydroxylation is 1. The minimum absolute atomic E-state index is 0.0664. The number of carbonyl (C=O) groups excluding carboxylic acids is 1.